The molecule has 3 aromatic rings. The highest BCUT2D eigenvalue weighted by Crippen LogP contribution is 2.36. The highest BCUT2D eigenvalue weighted by atomic mass is 35.5. The van der Waals surface area contributed by atoms with E-state index in [-0.39, 0.29) is 12.4 Å². The molecule has 0 aliphatic carbocycles. The van der Waals surface area contributed by atoms with Crippen LogP contribution in [0.25, 0.3) is 10.8 Å². The minimum absolute atomic E-state index is 0. The van der Waals surface area contributed by atoms with Gasteiger partial charge in [0.15, 0.2) is 0 Å². The number of anilines is 1. The first-order valence-corrected chi connectivity index (χ1v) is 7.31. The summed E-state index contributed by atoms with van der Waals surface area (Å²) in [6.07, 6.45) is 0. The molecule has 0 radical (unpaired) electrons. The van der Waals surface area contributed by atoms with Crippen LogP contribution < -0.4 is 5.32 Å². The topological polar surface area (TPSA) is 24.4 Å². The molecule has 1 aliphatic rings. The Kier molecular flexibility index (Phi) is 4.00. The predicted molar refractivity (Wildman–Crippen MR) is 97.5 cm³/mol. The zero-order valence-electron chi connectivity index (χ0n) is 11.3. The molecular weight excluding hydrogens is 339 g/mol. The fourth-order valence-corrected chi connectivity index (χ4v) is 2.87. The monoisotopic (exact) mass is 348 g/mol. The van der Waals surface area contributed by atoms with Crippen LogP contribution in [0.4, 0.5) is 11.4 Å². The van der Waals surface area contributed by atoms with Crippen LogP contribution in [0.1, 0.15) is 5.56 Å². The Labute approximate surface area is 144 Å². The van der Waals surface area contributed by atoms with Crippen molar-refractivity contribution >= 4 is 63.6 Å². The number of aliphatic imine (C=N–C) groups is 1. The van der Waals surface area contributed by atoms with Gasteiger partial charge in [-0.2, -0.15) is 0 Å². The van der Waals surface area contributed by atoms with E-state index in [0.29, 0.717) is 10.0 Å². The molecule has 1 aliphatic heterocycles. The van der Waals surface area contributed by atoms with Gasteiger partial charge in [0.25, 0.3) is 0 Å². The van der Waals surface area contributed by atoms with Crippen molar-refractivity contribution in [2.45, 2.75) is 0 Å². The molecule has 0 atom stereocenters. The molecule has 2 nitrogen and oxygen atoms in total. The summed E-state index contributed by atoms with van der Waals surface area (Å²) >= 11 is 12.1. The molecule has 3 aromatic carbocycles. The van der Waals surface area contributed by atoms with Crippen molar-refractivity contribution in [3.8, 4) is 0 Å². The molecule has 0 aromatic heterocycles. The normalized spacial score (nSPS) is 12.4. The fraction of sp³-hybridized carbons (Fsp3) is 0. The van der Waals surface area contributed by atoms with E-state index in [9.17, 15) is 0 Å². The Morgan fingerprint density at radius 1 is 0.864 bits per heavy atom. The van der Waals surface area contributed by atoms with Crippen LogP contribution in [0, 0.1) is 0 Å². The van der Waals surface area contributed by atoms with E-state index < -0.39 is 0 Å². The van der Waals surface area contributed by atoms with Crippen molar-refractivity contribution < 1.29 is 0 Å². The number of benzene rings is 3. The van der Waals surface area contributed by atoms with Crippen molar-refractivity contribution in [3.63, 3.8) is 0 Å². The average molecular weight is 350 g/mol. The average Bonchev–Trinajstić information content (AvgIpc) is 2.50. The second-order valence-electron chi connectivity index (χ2n) is 4.90. The van der Waals surface area contributed by atoms with Gasteiger partial charge in [0.1, 0.15) is 5.84 Å². The molecule has 1 N–H and O–H groups in total. The maximum absolute atomic E-state index is 6.10. The Morgan fingerprint density at radius 2 is 1.64 bits per heavy atom. The standard InChI is InChI=1S/C17H10Cl2N2.ClH/c18-12-8-7-11(9-13(12)19)17-20-14-5-1-3-10-4-2-6-15(21-17)16(10)14;/h1-9H,(H,20,21);1H. The number of hydrogen-bond donors (Lipinski definition) is 1. The Bertz CT molecular complexity index is 898. The Balaban J connectivity index is 0.00000144. The third-order valence-electron chi connectivity index (χ3n) is 3.56. The molecule has 0 saturated carbocycles. The molecule has 4 rings (SSSR count). The van der Waals surface area contributed by atoms with Crippen LogP contribution in [-0.4, -0.2) is 5.84 Å². The van der Waals surface area contributed by atoms with Crippen molar-refractivity contribution in [1.82, 2.24) is 0 Å². The van der Waals surface area contributed by atoms with E-state index in [1.807, 2.05) is 30.3 Å². The van der Waals surface area contributed by atoms with Crippen LogP contribution in [0.2, 0.25) is 10.0 Å². The molecular formula is C17H11Cl3N2. The van der Waals surface area contributed by atoms with Crippen LogP contribution in [0.5, 0.6) is 0 Å². The SMILES string of the molecule is Cl.Clc1ccc(C2=Nc3cccc4cccc(c34)N2)cc1Cl. The van der Waals surface area contributed by atoms with E-state index in [1.165, 1.54) is 5.39 Å². The zero-order valence-corrected chi connectivity index (χ0v) is 13.6. The van der Waals surface area contributed by atoms with Crippen LogP contribution in [-0.2, 0) is 0 Å². The molecule has 1 heterocycles. The molecule has 22 heavy (non-hydrogen) atoms. The summed E-state index contributed by atoms with van der Waals surface area (Å²) in [6.45, 7) is 0. The molecule has 0 spiro atoms. The lowest BCUT2D eigenvalue weighted by molar-refractivity contribution is 1.46. The predicted octanol–water partition coefficient (Wildman–Crippen LogP) is 6.07. The summed E-state index contributed by atoms with van der Waals surface area (Å²) in [6, 6.07) is 17.8. The third-order valence-corrected chi connectivity index (χ3v) is 4.30. The Hall–Kier alpha value is -1.74. The van der Waals surface area contributed by atoms with Gasteiger partial charge < -0.3 is 5.32 Å². The summed E-state index contributed by atoms with van der Waals surface area (Å²) < 4.78 is 0. The van der Waals surface area contributed by atoms with Crippen LogP contribution in [0.15, 0.2) is 59.6 Å². The number of halogens is 3. The van der Waals surface area contributed by atoms with Crippen molar-refractivity contribution in [1.29, 1.82) is 0 Å². The molecule has 0 bridgehead atoms. The highest BCUT2D eigenvalue weighted by Gasteiger charge is 2.15. The first-order valence-electron chi connectivity index (χ1n) is 6.55. The first kappa shape index (κ1) is 15.2. The number of rotatable bonds is 1. The maximum atomic E-state index is 6.10. The van der Waals surface area contributed by atoms with Crippen LogP contribution >= 0.6 is 35.6 Å². The molecule has 5 heteroatoms. The van der Waals surface area contributed by atoms with Crippen molar-refractivity contribution in [2.75, 3.05) is 5.32 Å². The Morgan fingerprint density at radius 3 is 2.41 bits per heavy atom. The smallest absolute Gasteiger partial charge is 0.138 e. The van der Waals surface area contributed by atoms with Gasteiger partial charge in [-0.3, -0.25) is 0 Å². The quantitative estimate of drug-likeness (QED) is 0.566. The van der Waals surface area contributed by atoms with Gasteiger partial charge in [0.05, 0.1) is 15.7 Å². The second kappa shape index (κ2) is 5.81. The number of hydrogen-bond acceptors (Lipinski definition) is 2. The molecule has 0 fully saturated rings. The molecule has 0 saturated heterocycles. The van der Waals surface area contributed by atoms with Crippen LogP contribution in [0.3, 0.4) is 0 Å². The van der Waals surface area contributed by atoms with Crippen molar-refractivity contribution in [2.24, 2.45) is 4.99 Å². The van der Waals surface area contributed by atoms with E-state index in [2.05, 4.69) is 23.5 Å². The second-order valence-corrected chi connectivity index (χ2v) is 5.71. The lowest BCUT2D eigenvalue weighted by Gasteiger charge is -2.19. The van der Waals surface area contributed by atoms with Gasteiger partial charge in [-0.25, -0.2) is 4.99 Å². The minimum atomic E-state index is 0. The summed E-state index contributed by atoms with van der Waals surface area (Å²) in [7, 11) is 0. The van der Waals surface area contributed by atoms with E-state index in [0.717, 1.165) is 28.2 Å². The zero-order chi connectivity index (χ0) is 14.4. The minimum Gasteiger partial charge on any atom is -0.339 e. The van der Waals surface area contributed by atoms with Gasteiger partial charge in [0, 0.05) is 16.6 Å². The van der Waals surface area contributed by atoms with Gasteiger partial charge >= 0.3 is 0 Å². The lowest BCUT2D eigenvalue weighted by atomic mass is 10.0. The molecule has 110 valence electrons. The summed E-state index contributed by atoms with van der Waals surface area (Å²) in [5.74, 6) is 0.778. The van der Waals surface area contributed by atoms with E-state index >= 15 is 0 Å². The lowest BCUT2D eigenvalue weighted by Crippen LogP contribution is -2.16. The number of nitrogens with one attached hydrogen (secondary N) is 1. The highest BCUT2D eigenvalue weighted by molar-refractivity contribution is 6.42. The van der Waals surface area contributed by atoms with E-state index in [4.69, 9.17) is 28.2 Å². The summed E-state index contributed by atoms with van der Waals surface area (Å²) in [5, 5.41) is 6.76. The largest absolute Gasteiger partial charge is 0.339 e. The fourth-order valence-electron chi connectivity index (χ4n) is 2.57. The van der Waals surface area contributed by atoms with Gasteiger partial charge in [0.2, 0.25) is 0 Å². The maximum Gasteiger partial charge on any atom is 0.138 e. The first-order chi connectivity index (χ1) is 10.2. The number of amidine groups is 1. The van der Waals surface area contributed by atoms with Gasteiger partial charge in [-0.15, -0.1) is 12.4 Å². The van der Waals surface area contributed by atoms with E-state index in [1.54, 1.807) is 6.07 Å². The molecule has 0 unspecified atom stereocenters. The summed E-state index contributed by atoms with van der Waals surface area (Å²) in [4.78, 5) is 4.71. The third kappa shape index (κ3) is 2.44. The molecule has 0 amide bonds. The van der Waals surface area contributed by atoms with Crippen molar-refractivity contribution in [3.05, 3.63) is 70.2 Å². The van der Waals surface area contributed by atoms with Gasteiger partial charge in [-0.1, -0.05) is 47.5 Å². The number of nitrogens with zero attached hydrogens (tertiary/aromatic N) is 1. The van der Waals surface area contributed by atoms with Gasteiger partial charge in [-0.05, 0) is 35.7 Å². The summed E-state index contributed by atoms with van der Waals surface area (Å²) in [5.41, 5.74) is 2.93.